The fraction of sp³-hybridized carbons (Fsp3) is 1.00. The summed E-state index contributed by atoms with van der Waals surface area (Å²) in [4.78, 5) is 0. The van der Waals surface area contributed by atoms with Crippen molar-refractivity contribution in [3.63, 3.8) is 0 Å². The van der Waals surface area contributed by atoms with Gasteiger partial charge in [-0.25, -0.2) is 5.11 Å². The van der Waals surface area contributed by atoms with Gasteiger partial charge in [0.1, 0.15) is 5.60 Å². The lowest BCUT2D eigenvalue weighted by atomic mass is 10.1. The van der Waals surface area contributed by atoms with E-state index in [2.05, 4.69) is 0 Å². The molecule has 0 unspecified atom stereocenters. The highest BCUT2D eigenvalue weighted by molar-refractivity contribution is 4.67. The van der Waals surface area contributed by atoms with E-state index in [9.17, 15) is 5.11 Å². The zero-order chi connectivity index (χ0) is 9.03. The summed E-state index contributed by atoms with van der Waals surface area (Å²) >= 11 is 0. The molecule has 3 nitrogen and oxygen atoms in total. The summed E-state index contributed by atoms with van der Waals surface area (Å²) in [5.41, 5.74) is -0.960. The van der Waals surface area contributed by atoms with Crippen molar-refractivity contribution in [1.82, 2.24) is 0 Å². The summed E-state index contributed by atoms with van der Waals surface area (Å²) in [5.74, 6) is 0. The van der Waals surface area contributed by atoms with Crippen molar-refractivity contribution < 1.29 is 14.6 Å². The van der Waals surface area contributed by atoms with Gasteiger partial charge in [0.15, 0.2) is 0 Å². The molecule has 1 aliphatic rings. The van der Waals surface area contributed by atoms with Crippen LogP contribution in [0.25, 0.3) is 0 Å². The number of hydrogen-bond donors (Lipinski definition) is 0. The molecule has 3 heteroatoms. The second-order valence-electron chi connectivity index (χ2n) is 3.88. The fourth-order valence-corrected chi connectivity index (χ4v) is 1.16. The normalized spacial score (nSPS) is 21.2. The van der Waals surface area contributed by atoms with Crippen LogP contribution in [0.5, 0.6) is 0 Å². The second-order valence-corrected chi connectivity index (χ2v) is 3.88. The third kappa shape index (κ3) is 4.04. The average Bonchev–Trinajstić information content (AvgIpc) is 2.02. The van der Waals surface area contributed by atoms with Crippen LogP contribution >= 0.6 is 0 Å². The summed E-state index contributed by atoms with van der Waals surface area (Å²) in [6.07, 6.45) is 2.10. The Kier molecular flexibility index (Phi) is 3.50. The monoisotopic (exact) mass is 173 g/mol. The van der Waals surface area contributed by atoms with Crippen LogP contribution < -0.4 is 0 Å². The topological polar surface area (TPSA) is 38.4 Å². The van der Waals surface area contributed by atoms with Crippen LogP contribution in [0.15, 0.2) is 0 Å². The molecule has 0 aromatic rings. The highest BCUT2D eigenvalue weighted by Gasteiger charge is 2.20. The predicted octanol–water partition coefficient (Wildman–Crippen LogP) is 1.39. The number of rotatable bonds is 3. The van der Waals surface area contributed by atoms with Crippen LogP contribution in [0, 0.1) is 0 Å². The van der Waals surface area contributed by atoms with Crippen molar-refractivity contribution in [3.05, 3.63) is 0 Å². The lowest BCUT2D eigenvalue weighted by molar-refractivity contribution is -0.108. The molecule has 0 atom stereocenters. The third-order valence-corrected chi connectivity index (χ3v) is 1.83. The Morgan fingerprint density at radius 1 is 1.42 bits per heavy atom. The number of hydrogen-bond acceptors (Lipinski definition) is 2. The van der Waals surface area contributed by atoms with Gasteiger partial charge in [0.25, 0.3) is 0 Å². The molecule has 1 fully saturated rings. The minimum Gasteiger partial charge on any atom is -0.381 e. The van der Waals surface area contributed by atoms with Crippen molar-refractivity contribution in [1.29, 1.82) is 0 Å². The van der Waals surface area contributed by atoms with E-state index in [1.54, 1.807) is 13.8 Å². The van der Waals surface area contributed by atoms with Crippen LogP contribution in [0.3, 0.4) is 0 Å². The van der Waals surface area contributed by atoms with Gasteiger partial charge in [-0.05, 0) is 26.7 Å². The van der Waals surface area contributed by atoms with Crippen LogP contribution in [0.4, 0.5) is 0 Å². The Balaban J connectivity index is 2.13. The standard InChI is InChI=1S/C9H17O3/c1-9(2,10)7-12-8-3-5-11-6-4-8/h8H,3-7H2,1-2H3. The quantitative estimate of drug-likeness (QED) is 0.647. The largest absolute Gasteiger partial charge is 0.381 e. The molecular formula is C9H17O3. The van der Waals surface area contributed by atoms with Gasteiger partial charge in [0, 0.05) is 13.2 Å². The van der Waals surface area contributed by atoms with Crippen molar-refractivity contribution in [2.24, 2.45) is 0 Å². The molecule has 0 N–H and O–H groups in total. The van der Waals surface area contributed by atoms with Gasteiger partial charge in [-0.3, -0.25) is 0 Å². The molecule has 0 aromatic heterocycles. The Bertz CT molecular complexity index is 122. The first-order valence-electron chi connectivity index (χ1n) is 4.48. The molecule has 12 heavy (non-hydrogen) atoms. The van der Waals surface area contributed by atoms with Crippen molar-refractivity contribution in [2.75, 3.05) is 19.8 Å². The van der Waals surface area contributed by atoms with E-state index in [1.807, 2.05) is 0 Å². The SMILES string of the molecule is CC(C)([O])COC1CCOCC1. The van der Waals surface area contributed by atoms with Gasteiger partial charge in [0.05, 0.1) is 12.7 Å². The van der Waals surface area contributed by atoms with E-state index >= 15 is 0 Å². The van der Waals surface area contributed by atoms with Crippen LogP contribution in [0.2, 0.25) is 0 Å². The molecule has 0 saturated carbocycles. The first-order chi connectivity index (χ1) is 5.58. The minimum atomic E-state index is -0.960. The summed E-state index contributed by atoms with van der Waals surface area (Å²) in [7, 11) is 0. The summed E-state index contributed by atoms with van der Waals surface area (Å²) in [5, 5.41) is 11.2. The maximum atomic E-state index is 11.2. The van der Waals surface area contributed by atoms with Gasteiger partial charge < -0.3 is 9.47 Å². The third-order valence-electron chi connectivity index (χ3n) is 1.83. The van der Waals surface area contributed by atoms with Gasteiger partial charge in [-0.15, -0.1) is 0 Å². The van der Waals surface area contributed by atoms with Gasteiger partial charge in [-0.1, -0.05) is 0 Å². The van der Waals surface area contributed by atoms with Gasteiger partial charge >= 0.3 is 0 Å². The van der Waals surface area contributed by atoms with Gasteiger partial charge in [0.2, 0.25) is 0 Å². The van der Waals surface area contributed by atoms with Gasteiger partial charge in [-0.2, -0.15) is 0 Å². The molecule has 0 aliphatic carbocycles. The van der Waals surface area contributed by atoms with E-state index in [0.717, 1.165) is 26.1 Å². The molecule has 0 amide bonds. The van der Waals surface area contributed by atoms with E-state index < -0.39 is 5.60 Å². The first kappa shape index (κ1) is 9.96. The van der Waals surface area contributed by atoms with Crippen molar-refractivity contribution in [2.45, 2.75) is 38.4 Å². The van der Waals surface area contributed by atoms with Crippen LogP contribution in [0.1, 0.15) is 26.7 Å². The smallest absolute Gasteiger partial charge is 0.121 e. The number of ether oxygens (including phenoxy) is 2. The van der Waals surface area contributed by atoms with E-state index in [0.29, 0.717) is 6.61 Å². The highest BCUT2D eigenvalue weighted by atomic mass is 16.5. The zero-order valence-electron chi connectivity index (χ0n) is 7.84. The molecule has 1 rings (SSSR count). The second kappa shape index (κ2) is 4.21. The molecule has 1 heterocycles. The maximum Gasteiger partial charge on any atom is 0.121 e. The van der Waals surface area contributed by atoms with Crippen LogP contribution in [-0.4, -0.2) is 31.5 Å². The van der Waals surface area contributed by atoms with Crippen molar-refractivity contribution in [3.8, 4) is 0 Å². The highest BCUT2D eigenvalue weighted by Crippen LogP contribution is 2.13. The lowest BCUT2D eigenvalue weighted by Gasteiger charge is -2.25. The molecule has 1 aliphatic heterocycles. The molecule has 0 aromatic carbocycles. The van der Waals surface area contributed by atoms with E-state index in [1.165, 1.54) is 0 Å². The Hall–Kier alpha value is -0.120. The van der Waals surface area contributed by atoms with Crippen LogP contribution in [-0.2, 0) is 14.6 Å². The van der Waals surface area contributed by atoms with Crippen molar-refractivity contribution >= 4 is 0 Å². The summed E-state index contributed by atoms with van der Waals surface area (Å²) in [6, 6.07) is 0. The minimum absolute atomic E-state index is 0.243. The summed E-state index contributed by atoms with van der Waals surface area (Å²) in [6.45, 7) is 5.13. The Labute approximate surface area is 73.7 Å². The zero-order valence-corrected chi connectivity index (χ0v) is 7.84. The summed E-state index contributed by atoms with van der Waals surface area (Å²) < 4.78 is 10.6. The average molecular weight is 173 g/mol. The van der Waals surface area contributed by atoms with E-state index in [-0.39, 0.29) is 6.10 Å². The predicted molar refractivity (Wildman–Crippen MR) is 44.6 cm³/mol. The lowest BCUT2D eigenvalue weighted by Crippen LogP contribution is -2.31. The molecule has 1 saturated heterocycles. The first-order valence-corrected chi connectivity index (χ1v) is 4.48. The molecule has 1 radical (unpaired) electrons. The molecular weight excluding hydrogens is 156 g/mol. The Morgan fingerprint density at radius 2 is 2.00 bits per heavy atom. The van der Waals surface area contributed by atoms with E-state index in [4.69, 9.17) is 9.47 Å². The fourth-order valence-electron chi connectivity index (χ4n) is 1.16. The molecule has 0 spiro atoms. The maximum absolute atomic E-state index is 11.2. The molecule has 0 bridgehead atoms. The molecule has 71 valence electrons. The Morgan fingerprint density at radius 3 is 2.50 bits per heavy atom.